The molecular formula is C15H22N2O2. The third-order valence-electron chi connectivity index (χ3n) is 2.70. The van der Waals surface area contributed by atoms with Gasteiger partial charge in [0.15, 0.2) is 0 Å². The highest BCUT2D eigenvalue weighted by Crippen LogP contribution is 2.17. The van der Waals surface area contributed by atoms with Crippen LogP contribution in [0.1, 0.15) is 44.4 Å². The zero-order chi connectivity index (χ0) is 14.4. The predicted molar refractivity (Wildman–Crippen MR) is 75.6 cm³/mol. The van der Waals surface area contributed by atoms with E-state index in [4.69, 9.17) is 0 Å². The van der Waals surface area contributed by atoms with Crippen molar-refractivity contribution in [3.63, 3.8) is 0 Å². The van der Waals surface area contributed by atoms with Gasteiger partial charge in [0.05, 0.1) is 12.5 Å². The molecule has 19 heavy (non-hydrogen) atoms. The number of benzene rings is 1. The van der Waals surface area contributed by atoms with Gasteiger partial charge in [-0.1, -0.05) is 29.8 Å². The van der Waals surface area contributed by atoms with Crippen molar-refractivity contribution in [2.45, 2.75) is 46.2 Å². The lowest BCUT2D eigenvalue weighted by molar-refractivity contribution is -0.123. The van der Waals surface area contributed by atoms with Gasteiger partial charge >= 0.3 is 0 Å². The maximum Gasteiger partial charge on any atom is 0.222 e. The Morgan fingerprint density at radius 2 is 1.68 bits per heavy atom. The molecule has 0 bridgehead atoms. The van der Waals surface area contributed by atoms with Gasteiger partial charge in [-0.3, -0.25) is 9.59 Å². The molecule has 2 amide bonds. The average Bonchev–Trinajstić information content (AvgIpc) is 2.27. The Balaban J connectivity index is 2.79. The predicted octanol–water partition coefficient (Wildman–Crippen LogP) is 2.09. The van der Waals surface area contributed by atoms with Gasteiger partial charge < -0.3 is 10.6 Å². The molecule has 0 heterocycles. The molecule has 1 rings (SSSR count). The molecule has 1 atom stereocenters. The van der Waals surface area contributed by atoms with Crippen molar-refractivity contribution in [2.24, 2.45) is 0 Å². The summed E-state index contributed by atoms with van der Waals surface area (Å²) in [5.41, 5.74) is 2.09. The van der Waals surface area contributed by atoms with Gasteiger partial charge in [-0.25, -0.2) is 0 Å². The van der Waals surface area contributed by atoms with Crippen LogP contribution in [0.5, 0.6) is 0 Å². The quantitative estimate of drug-likeness (QED) is 0.853. The third kappa shape index (κ3) is 5.55. The normalized spacial score (nSPS) is 12.1. The van der Waals surface area contributed by atoms with Gasteiger partial charge in [0.2, 0.25) is 11.8 Å². The van der Waals surface area contributed by atoms with Crippen LogP contribution in [0.25, 0.3) is 0 Å². The standard InChI is InChI=1S/C15H22N2O2/c1-10(2)16-15(19)9-14(17-12(4)18)13-7-5-11(3)6-8-13/h5-8,10,14H,9H2,1-4H3,(H,16,19)(H,17,18)/t14-/m0/s1. The molecular weight excluding hydrogens is 240 g/mol. The summed E-state index contributed by atoms with van der Waals surface area (Å²) in [4.78, 5) is 23.1. The van der Waals surface area contributed by atoms with Crippen LogP contribution < -0.4 is 10.6 Å². The van der Waals surface area contributed by atoms with E-state index in [9.17, 15) is 9.59 Å². The lowest BCUT2D eigenvalue weighted by Crippen LogP contribution is -2.35. The van der Waals surface area contributed by atoms with Crippen LogP contribution in [0.15, 0.2) is 24.3 Å². The molecule has 0 saturated heterocycles. The first-order valence-corrected chi connectivity index (χ1v) is 6.51. The van der Waals surface area contributed by atoms with Crippen molar-refractivity contribution in [3.05, 3.63) is 35.4 Å². The molecule has 0 aliphatic heterocycles. The highest BCUT2D eigenvalue weighted by Gasteiger charge is 2.17. The lowest BCUT2D eigenvalue weighted by Gasteiger charge is -2.19. The molecule has 2 N–H and O–H groups in total. The Hall–Kier alpha value is -1.84. The number of aryl methyl sites for hydroxylation is 1. The second-order valence-corrected chi connectivity index (χ2v) is 5.09. The molecule has 0 aromatic heterocycles. The Kier molecular flexibility index (Phi) is 5.55. The van der Waals surface area contributed by atoms with Crippen molar-refractivity contribution < 1.29 is 9.59 Å². The van der Waals surface area contributed by atoms with Gasteiger partial charge in [-0.15, -0.1) is 0 Å². The number of carbonyl (C=O) groups is 2. The summed E-state index contributed by atoms with van der Waals surface area (Å²) in [6, 6.07) is 7.66. The third-order valence-corrected chi connectivity index (χ3v) is 2.70. The summed E-state index contributed by atoms with van der Waals surface area (Å²) in [6.07, 6.45) is 0.251. The van der Waals surface area contributed by atoms with Crippen molar-refractivity contribution >= 4 is 11.8 Å². The van der Waals surface area contributed by atoms with Crippen LogP contribution in [0.4, 0.5) is 0 Å². The van der Waals surface area contributed by atoms with Gasteiger partial charge in [-0.2, -0.15) is 0 Å². The average molecular weight is 262 g/mol. The lowest BCUT2D eigenvalue weighted by atomic mass is 10.0. The Morgan fingerprint density at radius 1 is 1.11 bits per heavy atom. The minimum Gasteiger partial charge on any atom is -0.354 e. The number of nitrogens with one attached hydrogen (secondary N) is 2. The summed E-state index contributed by atoms with van der Waals surface area (Å²) < 4.78 is 0. The summed E-state index contributed by atoms with van der Waals surface area (Å²) in [5.74, 6) is -0.197. The van der Waals surface area contributed by atoms with Crippen LogP contribution in [0.3, 0.4) is 0 Å². The van der Waals surface area contributed by atoms with Crippen molar-refractivity contribution in [3.8, 4) is 0 Å². The molecule has 104 valence electrons. The molecule has 0 aliphatic rings. The van der Waals surface area contributed by atoms with Gasteiger partial charge in [0, 0.05) is 13.0 Å². The molecule has 0 aliphatic carbocycles. The Labute approximate surface area is 114 Å². The first-order chi connectivity index (χ1) is 8.88. The zero-order valence-corrected chi connectivity index (χ0v) is 12.0. The van der Waals surface area contributed by atoms with E-state index in [1.165, 1.54) is 6.92 Å². The SMILES string of the molecule is CC(=O)N[C@@H](CC(=O)NC(C)C)c1ccc(C)cc1. The first kappa shape index (κ1) is 15.2. The van der Waals surface area contributed by atoms with E-state index in [1.54, 1.807) is 0 Å². The highest BCUT2D eigenvalue weighted by atomic mass is 16.2. The molecule has 1 aromatic carbocycles. The Bertz CT molecular complexity index is 438. The molecule has 4 nitrogen and oxygen atoms in total. The van der Waals surface area contributed by atoms with E-state index in [2.05, 4.69) is 10.6 Å². The van der Waals surface area contributed by atoms with Crippen molar-refractivity contribution in [2.75, 3.05) is 0 Å². The van der Waals surface area contributed by atoms with Crippen LogP contribution in [-0.4, -0.2) is 17.9 Å². The minimum absolute atomic E-state index is 0.0608. The minimum atomic E-state index is -0.281. The monoisotopic (exact) mass is 262 g/mol. The summed E-state index contributed by atoms with van der Waals surface area (Å²) in [7, 11) is 0. The van der Waals surface area contributed by atoms with E-state index in [-0.39, 0.29) is 30.3 Å². The maximum absolute atomic E-state index is 11.8. The van der Waals surface area contributed by atoms with E-state index in [0.717, 1.165) is 11.1 Å². The van der Waals surface area contributed by atoms with Gasteiger partial charge in [-0.05, 0) is 26.3 Å². The smallest absolute Gasteiger partial charge is 0.222 e. The second-order valence-electron chi connectivity index (χ2n) is 5.09. The largest absolute Gasteiger partial charge is 0.354 e. The number of carbonyl (C=O) groups excluding carboxylic acids is 2. The van der Waals surface area contributed by atoms with Crippen LogP contribution >= 0.6 is 0 Å². The number of hydrogen-bond acceptors (Lipinski definition) is 2. The van der Waals surface area contributed by atoms with Crippen LogP contribution in [0, 0.1) is 6.92 Å². The van der Waals surface area contributed by atoms with E-state index >= 15 is 0 Å². The van der Waals surface area contributed by atoms with E-state index in [0.29, 0.717) is 0 Å². The summed E-state index contributed by atoms with van der Waals surface area (Å²) in [6.45, 7) is 7.29. The molecule has 1 aromatic rings. The Morgan fingerprint density at radius 3 is 2.16 bits per heavy atom. The van der Waals surface area contributed by atoms with Crippen molar-refractivity contribution in [1.82, 2.24) is 10.6 Å². The molecule has 0 unspecified atom stereocenters. The highest BCUT2D eigenvalue weighted by molar-refractivity contribution is 5.79. The molecule has 0 spiro atoms. The van der Waals surface area contributed by atoms with Crippen LogP contribution in [-0.2, 0) is 9.59 Å². The molecule has 0 radical (unpaired) electrons. The van der Waals surface area contributed by atoms with E-state index in [1.807, 2.05) is 45.0 Å². The fraction of sp³-hybridized carbons (Fsp3) is 0.467. The van der Waals surface area contributed by atoms with Crippen LogP contribution in [0.2, 0.25) is 0 Å². The molecule has 0 saturated carbocycles. The second kappa shape index (κ2) is 6.92. The number of rotatable bonds is 5. The first-order valence-electron chi connectivity index (χ1n) is 6.51. The van der Waals surface area contributed by atoms with E-state index < -0.39 is 0 Å². The fourth-order valence-electron chi connectivity index (χ4n) is 1.86. The summed E-state index contributed by atoms with van der Waals surface area (Å²) in [5, 5.41) is 5.66. The summed E-state index contributed by atoms with van der Waals surface area (Å²) >= 11 is 0. The zero-order valence-electron chi connectivity index (χ0n) is 12.0. The topological polar surface area (TPSA) is 58.2 Å². The number of hydrogen-bond donors (Lipinski definition) is 2. The van der Waals surface area contributed by atoms with Gasteiger partial charge in [0.25, 0.3) is 0 Å². The van der Waals surface area contributed by atoms with Gasteiger partial charge in [0.1, 0.15) is 0 Å². The molecule has 0 fully saturated rings. The fourth-order valence-corrected chi connectivity index (χ4v) is 1.86. The molecule has 4 heteroatoms. The van der Waals surface area contributed by atoms with Crippen molar-refractivity contribution in [1.29, 1.82) is 0 Å². The number of amides is 2. The maximum atomic E-state index is 11.8.